The van der Waals surface area contributed by atoms with Crippen molar-refractivity contribution >= 4 is 10.9 Å². The van der Waals surface area contributed by atoms with Gasteiger partial charge < -0.3 is 14.0 Å². The molecule has 0 saturated heterocycles. The molecule has 0 fully saturated rings. The Labute approximate surface area is 101 Å². The van der Waals surface area contributed by atoms with E-state index in [4.69, 9.17) is 9.47 Å². The molecule has 0 atom stereocenters. The van der Waals surface area contributed by atoms with E-state index < -0.39 is 0 Å². The van der Waals surface area contributed by atoms with Gasteiger partial charge in [0.25, 0.3) is 0 Å². The third kappa shape index (κ3) is 2.13. The van der Waals surface area contributed by atoms with Crippen molar-refractivity contribution in [1.29, 1.82) is 0 Å². The lowest BCUT2D eigenvalue weighted by Crippen LogP contribution is -1.97. The van der Waals surface area contributed by atoms with Crippen molar-refractivity contribution in [3.05, 3.63) is 36.5 Å². The summed E-state index contributed by atoms with van der Waals surface area (Å²) in [7, 11) is 3.33. The summed E-state index contributed by atoms with van der Waals surface area (Å²) < 4.78 is 12.8. The summed E-state index contributed by atoms with van der Waals surface area (Å²) in [5.74, 6) is 1.64. The molecule has 0 bridgehead atoms. The first kappa shape index (κ1) is 11.6. The summed E-state index contributed by atoms with van der Waals surface area (Å²) in [4.78, 5) is 0. The minimum absolute atomic E-state index is 0.802. The zero-order valence-electron chi connectivity index (χ0n) is 10.5. The van der Waals surface area contributed by atoms with Crippen LogP contribution in [0.1, 0.15) is 6.92 Å². The van der Waals surface area contributed by atoms with E-state index in [0.717, 1.165) is 34.5 Å². The molecule has 0 amide bonds. The monoisotopic (exact) mass is 231 g/mol. The molecule has 0 radical (unpaired) electrons. The molecule has 90 valence electrons. The summed E-state index contributed by atoms with van der Waals surface area (Å²) in [6.07, 6.45) is 2.04. The zero-order chi connectivity index (χ0) is 12.4. The van der Waals surface area contributed by atoms with Crippen molar-refractivity contribution in [3.63, 3.8) is 0 Å². The molecule has 2 aromatic rings. The molecule has 0 saturated carbocycles. The Morgan fingerprint density at radius 1 is 1.29 bits per heavy atom. The maximum absolute atomic E-state index is 5.37. The Balaban J connectivity index is 2.61. The Kier molecular flexibility index (Phi) is 3.09. The van der Waals surface area contributed by atoms with Crippen LogP contribution in [0.15, 0.2) is 36.5 Å². The fourth-order valence-corrected chi connectivity index (χ4v) is 1.95. The third-order valence-electron chi connectivity index (χ3n) is 2.72. The van der Waals surface area contributed by atoms with Gasteiger partial charge in [0.15, 0.2) is 0 Å². The number of fused-ring (bicyclic) bond motifs is 1. The largest absolute Gasteiger partial charge is 0.497 e. The van der Waals surface area contributed by atoms with E-state index in [1.54, 1.807) is 14.2 Å². The van der Waals surface area contributed by atoms with E-state index >= 15 is 0 Å². The van der Waals surface area contributed by atoms with Crippen LogP contribution in [0.25, 0.3) is 10.9 Å². The average Bonchev–Trinajstić information content (AvgIpc) is 2.70. The normalized spacial score (nSPS) is 10.5. The van der Waals surface area contributed by atoms with Crippen molar-refractivity contribution in [3.8, 4) is 11.5 Å². The molecule has 1 aromatic carbocycles. The van der Waals surface area contributed by atoms with Crippen molar-refractivity contribution in [2.75, 3.05) is 14.2 Å². The fourth-order valence-electron chi connectivity index (χ4n) is 1.95. The van der Waals surface area contributed by atoms with Gasteiger partial charge in [-0.3, -0.25) is 0 Å². The van der Waals surface area contributed by atoms with Crippen molar-refractivity contribution in [2.45, 2.75) is 13.5 Å². The summed E-state index contributed by atoms with van der Waals surface area (Å²) >= 11 is 0. The van der Waals surface area contributed by atoms with E-state index in [1.165, 1.54) is 0 Å². The lowest BCUT2D eigenvalue weighted by atomic mass is 10.2. The number of ether oxygens (including phenoxy) is 2. The highest BCUT2D eigenvalue weighted by atomic mass is 16.5. The van der Waals surface area contributed by atoms with Crippen LogP contribution in [0.5, 0.6) is 11.5 Å². The first-order chi connectivity index (χ1) is 8.15. The molecular formula is C14H17NO2. The van der Waals surface area contributed by atoms with E-state index in [0.29, 0.717) is 0 Å². The average molecular weight is 231 g/mol. The molecule has 0 aliphatic heterocycles. The van der Waals surface area contributed by atoms with E-state index in [9.17, 15) is 0 Å². The second kappa shape index (κ2) is 4.53. The molecule has 1 heterocycles. The molecule has 3 nitrogen and oxygen atoms in total. The Bertz CT molecular complexity index is 555. The van der Waals surface area contributed by atoms with Gasteiger partial charge in [-0.25, -0.2) is 0 Å². The van der Waals surface area contributed by atoms with Crippen molar-refractivity contribution in [2.24, 2.45) is 0 Å². The molecular weight excluding hydrogens is 214 g/mol. The van der Waals surface area contributed by atoms with E-state index in [-0.39, 0.29) is 0 Å². The predicted molar refractivity (Wildman–Crippen MR) is 69.9 cm³/mol. The maximum atomic E-state index is 5.37. The summed E-state index contributed by atoms with van der Waals surface area (Å²) in [5.41, 5.74) is 2.22. The number of aromatic nitrogens is 1. The van der Waals surface area contributed by atoms with Gasteiger partial charge >= 0.3 is 0 Å². The maximum Gasteiger partial charge on any atom is 0.131 e. The van der Waals surface area contributed by atoms with Gasteiger partial charge in [-0.15, -0.1) is 0 Å². The second-order valence-corrected chi connectivity index (χ2v) is 4.16. The minimum atomic E-state index is 0.802. The summed E-state index contributed by atoms with van der Waals surface area (Å²) in [6.45, 7) is 6.76. The van der Waals surface area contributed by atoms with Crippen LogP contribution in [-0.4, -0.2) is 18.8 Å². The molecule has 0 N–H and O–H groups in total. The first-order valence-corrected chi connectivity index (χ1v) is 5.51. The van der Waals surface area contributed by atoms with Crippen LogP contribution in [0.2, 0.25) is 0 Å². The zero-order valence-corrected chi connectivity index (χ0v) is 10.5. The fraction of sp³-hybridized carbons (Fsp3) is 0.286. The molecule has 2 rings (SSSR count). The Hall–Kier alpha value is -1.90. The Morgan fingerprint density at radius 3 is 2.65 bits per heavy atom. The number of nitrogens with zero attached hydrogens (tertiary/aromatic N) is 1. The molecule has 0 spiro atoms. The summed E-state index contributed by atoms with van der Waals surface area (Å²) in [6, 6.07) is 5.96. The van der Waals surface area contributed by atoms with Gasteiger partial charge in [-0.05, 0) is 13.0 Å². The van der Waals surface area contributed by atoms with Gasteiger partial charge in [0, 0.05) is 30.3 Å². The lowest BCUT2D eigenvalue weighted by molar-refractivity contribution is 0.398. The van der Waals surface area contributed by atoms with E-state index in [1.807, 2.05) is 25.3 Å². The number of allylic oxidation sites excluding steroid dienone is 1. The minimum Gasteiger partial charge on any atom is -0.497 e. The van der Waals surface area contributed by atoms with Gasteiger partial charge in [0.1, 0.15) is 11.5 Å². The number of hydrogen-bond acceptors (Lipinski definition) is 2. The third-order valence-corrected chi connectivity index (χ3v) is 2.72. The van der Waals surface area contributed by atoms with Gasteiger partial charge in [-0.2, -0.15) is 0 Å². The van der Waals surface area contributed by atoms with Gasteiger partial charge in [-0.1, -0.05) is 12.2 Å². The molecule has 0 unspecified atom stereocenters. The molecule has 1 aromatic heterocycles. The number of rotatable bonds is 4. The quantitative estimate of drug-likeness (QED) is 0.754. The lowest BCUT2D eigenvalue weighted by Gasteiger charge is -2.09. The highest BCUT2D eigenvalue weighted by Gasteiger charge is 2.09. The topological polar surface area (TPSA) is 23.4 Å². The predicted octanol–water partition coefficient (Wildman–Crippen LogP) is 3.23. The number of methoxy groups -OCH3 is 2. The molecule has 0 aliphatic carbocycles. The molecule has 17 heavy (non-hydrogen) atoms. The van der Waals surface area contributed by atoms with Gasteiger partial charge in [0.2, 0.25) is 0 Å². The van der Waals surface area contributed by atoms with Crippen LogP contribution in [0, 0.1) is 0 Å². The number of hydrogen-bond donors (Lipinski definition) is 0. The number of benzene rings is 1. The smallest absolute Gasteiger partial charge is 0.131 e. The van der Waals surface area contributed by atoms with E-state index in [2.05, 4.69) is 17.2 Å². The highest BCUT2D eigenvalue weighted by molar-refractivity contribution is 5.88. The van der Waals surface area contributed by atoms with Crippen LogP contribution in [0.4, 0.5) is 0 Å². The second-order valence-electron chi connectivity index (χ2n) is 4.16. The van der Waals surface area contributed by atoms with Gasteiger partial charge in [0.05, 0.1) is 19.7 Å². The first-order valence-electron chi connectivity index (χ1n) is 5.51. The standard InChI is InChI=1S/C14H17NO2/c1-10(2)9-15-6-5-12-13(15)7-11(16-3)8-14(12)17-4/h5-8H,1,9H2,2-4H3. The van der Waals surface area contributed by atoms with Crippen LogP contribution in [0.3, 0.4) is 0 Å². The molecule has 3 heteroatoms. The van der Waals surface area contributed by atoms with Crippen LogP contribution >= 0.6 is 0 Å². The van der Waals surface area contributed by atoms with Crippen molar-refractivity contribution in [1.82, 2.24) is 4.57 Å². The van der Waals surface area contributed by atoms with Crippen LogP contribution < -0.4 is 9.47 Å². The Morgan fingerprint density at radius 2 is 2.06 bits per heavy atom. The van der Waals surface area contributed by atoms with Crippen molar-refractivity contribution < 1.29 is 9.47 Å². The summed E-state index contributed by atoms with van der Waals surface area (Å²) in [5, 5.41) is 1.09. The van der Waals surface area contributed by atoms with Crippen LogP contribution in [-0.2, 0) is 6.54 Å². The molecule has 0 aliphatic rings. The highest BCUT2D eigenvalue weighted by Crippen LogP contribution is 2.32. The SMILES string of the molecule is C=C(C)Cn1ccc2c(OC)cc(OC)cc21.